The van der Waals surface area contributed by atoms with Crippen LogP contribution in [-0.2, 0) is 9.59 Å². The Labute approximate surface area is 135 Å². The predicted molar refractivity (Wildman–Crippen MR) is 86.8 cm³/mol. The zero-order valence-electron chi connectivity index (χ0n) is 13.6. The number of benzene rings is 1. The van der Waals surface area contributed by atoms with Crippen molar-refractivity contribution in [2.24, 2.45) is 0 Å². The normalized spacial score (nSPS) is 17.6. The number of hydrogen-bond acceptors (Lipinski definition) is 4. The van der Waals surface area contributed by atoms with Gasteiger partial charge in [-0.2, -0.15) is 0 Å². The molecule has 0 fully saturated rings. The lowest BCUT2D eigenvalue weighted by Crippen LogP contribution is -2.31. The number of carbonyl (C=O) groups is 2. The maximum atomic E-state index is 12.6. The summed E-state index contributed by atoms with van der Waals surface area (Å²) < 4.78 is 11.1. The molecular weight excluding hydrogens is 294 g/mol. The molecule has 0 N–H and O–H groups in total. The van der Waals surface area contributed by atoms with Crippen LogP contribution in [0.1, 0.15) is 39.5 Å². The summed E-state index contributed by atoms with van der Waals surface area (Å²) >= 11 is 0. The fourth-order valence-electron chi connectivity index (χ4n) is 3.15. The van der Waals surface area contributed by atoms with Gasteiger partial charge in [0.25, 0.3) is 11.8 Å². The molecule has 2 amide bonds. The minimum atomic E-state index is -0.184. The van der Waals surface area contributed by atoms with Crippen molar-refractivity contribution in [1.29, 1.82) is 0 Å². The van der Waals surface area contributed by atoms with Gasteiger partial charge in [-0.15, -0.1) is 0 Å². The molecule has 1 heterocycles. The van der Waals surface area contributed by atoms with Crippen molar-refractivity contribution in [3.63, 3.8) is 0 Å². The molecule has 0 bridgehead atoms. The number of carbonyl (C=O) groups excluding carboxylic acids is 2. The second-order valence-corrected chi connectivity index (χ2v) is 5.61. The second kappa shape index (κ2) is 6.44. The van der Waals surface area contributed by atoms with Gasteiger partial charge in [-0.1, -0.05) is 0 Å². The molecule has 0 atom stereocenters. The van der Waals surface area contributed by atoms with E-state index in [1.165, 1.54) is 4.90 Å². The predicted octanol–water partition coefficient (Wildman–Crippen LogP) is 3.23. The molecule has 5 nitrogen and oxygen atoms in total. The molecule has 1 aromatic carbocycles. The van der Waals surface area contributed by atoms with E-state index in [2.05, 4.69) is 0 Å². The van der Waals surface area contributed by atoms with Gasteiger partial charge in [0, 0.05) is 17.2 Å². The molecule has 122 valence electrons. The van der Waals surface area contributed by atoms with Crippen molar-refractivity contribution in [3.8, 4) is 11.5 Å². The Morgan fingerprint density at radius 2 is 1.48 bits per heavy atom. The van der Waals surface area contributed by atoms with E-state index in [0.29, 0.717) is 54.4 Å². The van der Waals surface area contributed by atoms with Crippen LogP contribution in [0.4, 0.5) is 5.69 Å². The van der Waals surface area contributed by atoms with Crippen LogP contribution in [-0.4, -0.2) is 25.0 Å². The fourth-order valence-corrected chi connectivity index (χ4v) is 3.15. The number of nitrogens with zero attached hydrogens (tertiary/aromatic N) is 1. The average molecular weight is 315 g/mol. The molecule has 0 saturated carbocycles. The highest BCUT2D eigenvalue weighted by atomic mass is 16.5. The minimum absolute atomic E-state index is 0.184. The summed E-state index contributed by atoms with van der Waals surface area (Å²) in [6, 6.07) is 5.20. The molecule has 0 aromatic heterocycles. The molecule has 23 heavy (non-hydrogen) atoms. The van der Waals surface area contributed by atoms with Gasteiger partial charge in [-0.3, -0.25) is 9.59 Å². The van der Waals surface area contributed by atoms with E-state index >= 15 is 0 Å². The third-order valence-electron chi connectivity index (χ3n) is 4.18. The average Bonchev–Trinajstić information content (AvgIpc) is 2.82. The van der Waals surface area contributed by atoms with Crippen molar-refractivity contribution in [1.82, 2.24) is 0 Å². The van der Waals surface area contributed by atoms with E-state index in [1.807, 2.05) is 13.8 Å². The zero-order valence-corrected chi connectivity index (χ0v) is 13.6. The Balaban J connectivity index is 1.94. The van der Waals surface area contributed by atoms with Crippen LogP contribution in [0.25, 0.3) is 0 Å². The van der Waals surface area contributed by atoms with Crippen molar-refractivity contribution in [2.45, 2.75) is 39.5 Å². The first-order valence-electron chi connectivity index (χ1n) is 8.17. The molecular formula is C18H21NO4. The van der Waals surface area contributed by atoms with Crippen molar-refractivity contribution in [3.05, 3.63) is 29.3 Å². The monoisotopic (exact) mass is 315 g/mol. The molecule has 1 aromatic rings. The summed E-state index contributed by atoms with van der Waals surface area (Å²) in [6.45, 7) is 4.79. The molecule has 3 rings (SSSR count). The van der Waals surface area contributed by atoms with Gasteiger partial charge in [0.1, 0.15) is 0 Å². The highest BCUT2D eigenvalue weighted by molar-refractivity contribution is 6.33. The maximum absolute atomic E-state index is 12.6. The summed E-state index contributed by atoms with van der Waals surface area (Å²) in [5.41, 5.74) is 1.92. The Kier molecular flexibility index (Phi) is 4.37. The van der Waals surface area contributed by atoms with Gasteiger partial charge >= 0.3 is 0 Å². The van der Waals surface area contributed by atoms with E-state index < -0.39 is 0 Å². The molecule has 0 radical (unpaired) electrons. The minimum Gasteiger partial charge on any atom is -0.490 e. The Morgan fingerprint density at radius 1 is 0.913 bits per heavy atom. The van der Waals surface area contributed by atoms with E-state index in [4.69, 9.17) is 9.47 Å². The molecule has 5 heteroatoms. The number of rotatable bonds is 5. The summed E-state index contributed by atoms with van der Waals surface area (Å²) in [4.78, 5) is 26.5. The largest absolute Gasteiger partial charge is 0.490 e. The van der Waals surface area contributed by atoms with Gasteiger partial charge in [-0.05, 0) is 51.7 Å². The molecule has 2 aliphatic rings. The van der Waals surface area contributed by atoms with Crippen LogP contribution < -0.4 is 14.4 Å². The summed E-state index contributed by atoms with van der Waals surface area (Å²) in [5, 5.41) is 0. The molecule has 0 spiro atoms. The maximum Gasteiger partial charge on any atom is 0.261 e. The van der Waals surface area contributed by atoms with Crippen molar-refractivity contribution >= 4 is 17.5 Å². The smallest absolute Gasteiger partial charge is 0.261 e. The van der Waals surface area contributed by atoms with Gasteiger partial charge in [-0.25, -0.2) is 4.90 Å². The van der Waals surface area contributed by atoms with Crippen molar-refractivity contribution in [2.75, 3.05) is 18.1 Å². The number of imide groups is 1. The Bertz CT molecular complexity index is 650. The van der Waals surface area contributed by atoms with Crippen LogP contribution in [0.3, 0.4) is 0 Å². The SMILES string of the molecule is CCOc1ccc(N2C(=O)C3=C(CCCC3)C2=O)cc1OCC. The van der Waals surface area contributed by atoms with Gasteiger partial charge in [0.05, 0.1) is 18.9 Å². The van der Waals surface area contributed by atoms with Crippen LogP contribution in [0.2, 0.25) is 0 Å². The van der Waals surface area contributed by atoms with E-state index in [1.54, 1.807) is 18.2 Å². The van der Waals surface area contributed by atoms with Gasteiger partial charge in [0.15, 0.2) is 11.5 Å². The first kappa shape index (κ1) is 15.6. The third kappa shape index (κ3) is 2.71. The quantitative estimate of drug-likeness (QED) is 0.783. The topological polar surface area (TPSA) is 55.8 Å². The lowest BCUT2D eigenvalue weighted by molar-refractivity contribution is -0.120. The number of ether oxygens (including phenoxy) is 2. The van der Waals surface area contributed by atoms with E-state index in [-0.39, 0.29) is 11.8 Å². The zero-order chi connectivity index (χ0) is 16.4. The fraction of sp³-hybridized carbons (Fsp3) is 0.444. The second-order valence-electron chi connectivity index (χ2n) is 5.61. The third-order valence-corrected chi connectivity index (χ3v) is 4.18. The van der Waals surface area contributed by atoms with Crippen LogP contribution in [0, 0.1) is 0 Å². The van der Waals surface area contributed by atoms with Crippen LogP contribution in [0.15, 0.2) is 29.3 Å². The summed E-state index contributed by atoms with van der Waals surface area (Å²) in [7, 11) is 0. The highest BCUT2D eigenvalue weighted by Crippen LogP contribution is 2.38. The summed E-state index contributed by atoms with van der Waals surface area (Å²) in [5.74, 6) is 0.805. The Hall–Kier alpha value is -2.30. The molecule has 0 unspecified atom stereocenters. The molecule has 1 aliphatic carbocycles. The van der Waals surface area contributed by atoms with Crippen molar-refractivity contribution < 1.29 is 19.1 Å². The lowest BCUT2D eigenvalue weighted by Gasteiger charge is -2.18. The van der Waals surface area contributed by atoms with Crippen LogP contribution >= 0.6 is 0 Å². The number of amides is 2. The standard InChI is InChI=1S/C18H21NO4/c1-3-22-15-10-9-12(11-16(15)23-4-2)19-17(20)13-7-5-6-8-14(13)18(19)21/h9-11H,3-8H2,1-2H3. The first-order chi connectivity index (χ1) is 11.2. The molecule has 1 aliphatic heterocycles. The number of anilines is 1. The van der Waals surface area contributed by atoms with Gasteiger partial charge < -0.3 is 9.47 Å². The van der Waals surface area contributed by atoms with Gasteiger partial charge in [0.2, 0.25) is 0 Å². The highest BCUT2D eigenvalue weighted by Gasteiger charge is 2.39. The first-order valence-corrected chi connectivity index (χ1v) is 8.17. The molecule has 0 saturated heterocycles. The van der Waals surface area contributed by atoms with E-state index in [9.17, 15) is 9.59 Å². The lowest BCUT2D eigenvalue weighted by atomic mass is 9.93. The summed E-state index contributed by atoms with van der Waals surface area (Å²) in [6.07, 6.45) is 3.34. The van der Waals surface area contributed by atoms with E-state index in [0.717, 1.165) is 12.8 Å². The number of hydrogen-bond donors (Lipinski definition) is 0. The Morgan fingerprint density at radius 3 is 2.04 bits per heavy atom. The van der Waals surface area contributed by atoms with Crippen LogP contribution in [0.5, 0.6) is 11.5 Å².